The minimum Gasteiger partial charge on any atom is -0.383 e. The van der Waals surface area contributed by atoms with Gasteiger partial charge in [-0.15, -0.1) is 0 Å². The van der Waals surface area contributed by atoms with Crippen LogP contribution in [0.5, 0.6) is 0 Å². The maximum atomic E-state index is 12.6. The maximum Gasteiger partial charge on any atom is 0.274 e. The van der Waals surface area contributed by atoms with Crippen molar-refractivity contribution in [2.24, 2.45) is 0 Å². The van der Waals surface area contributed by atoms with Gasteiger partial charge in [0.25, 0.3) is 5.91 Å². The molecule has 0 radical (unpaired) electrons. The number of carbonyl (C=O) groups is 2. The van der Waals surface area contributed by atoms with E-state index in [9.17, 15) is 9.59 Å². The highest BCUT2D eigenvalue weighted by atomic mass is 16.5. The van der Waals surface area contributed by atoms with E-state index in [0.717, 1.165) is 5.69 Å². The minimum atomic E-state index is -0.582. The van der Waals surface area contributed by atoms with E-state index in [1.54, 1.807) is 29.0 Å². The van der Waals surface area contributed by atoms with Crippen molar-refractivity contribution in [3.63, 3.8) is 0 Å². The fraction of sp³-hybridized carbons (Fsp3) is 0.400. The predicted octanol–water partition coefficient (Wildman–Crippen LogP) is -0.367. The molecule has 0 fully saturated rings. The van der Waals surface area contributed by atoms with Crippen LogP contribution < -0.4 is 5.32 Å². The Kier molecular flexibility index (Phi) is 4.80. The number of nitrogens with one attached hydrogen (secondary N) is 1. The fourth-order valence-corrected chi connectivity index (χ4v) is 2.61. The van der Waals surface area contributed by atoms with Gasteiger partial charge in [-0.2, -0.15) is 5.10 Å². The molecule has 2 aromatic rings. The van der Waals surface area contributed by atoms with E-state index in [4.69, 9.17) is 4.74 Å². The molecule has 3 rings (SSSR count). The molecule has 1 aliphatic heterocycles. The van der Waals surface area contributed by atoms with Crippen molar-refractivity contribution >= 4 is 11.8 Å². The number of methoxy groups -OCH3 is 1. The highest BCUT2D eigenvalue weighted by Gasteiger charge is 2.33. The van der Waals surface area contributed by atoms with E-state index in [2.05, 4.69) is 20.4 Å². The van der Waals surface area contributed by atoms with Crippen molar-refractivity contribution in [3.05, 3.63) is 42.2 Å². The Hall–Kier alpha value is -2.81. The van der Waals surface area contributed by atoms with E-state index in [0.29, 0.717) is 19.7 Å². The van der Waals surface area contributed by atoms with Crippen LogP contribution in [0.3, 0.4) is 0 Å². The second-order valence-corrected chi connectivity index (χ2v) is 5.34. The average molecular weight is 330 g/mol. The van der Waals surface area contributed by atoms with Gasteiger partial charge < -0.3 is 15.0 Å². The quantitative estimate of drug-likeness (QED) is 0.751. The summed E-state index contributed by atoms with van der Waals surface area (Å²) in [7, 11) is 1.57. The van der Waals surface area contributed by atoms with Crippen molar-refractivity contribution in [2.45, 2.75) is 12.6 Å². The summed E-state index contributed by atoms with van der Waals surface area (Å²) in [5, 5.41) is 7.01. The van der Waals surface area contributed by atoms with Gasteiger partial charge in [-0.3, -0.25) is 19.3 Å². The highest BCUT2D eigenvalue weighted by Crippen LogP contribution is 2.21. The first-order chi connectivity index (χ1) is 11.7. The lowest BCUT2D eigenvalue weighted by atomic mass is 10.1. The van der Waals surface area contributed by atoms with Crippen LogP contribution in [0.25, 0.3) is 0 Å². The van der Waals surface area contributed by atoms with Crippen LogP contribution in [0, 0.1) is 0 Å². The molecule has 0 aromatic carbocycles. The minimum absolute atomic E-state index is 0.200. The molecule has 0 saturated heterocycles. The van der Waals surface area contributed by atoms with Gasteiger partial charge in [0.05, 0.1) is 31.6 Å². The smallest absolute Gasteiger partial charge is 0.274 e. The Morgan fingerprint density at radius 2 is 2.25 bits per heavy atom. The molecule has 2 aromatic heterocycles. The lowest BCUT2D eigenvalue weighted by Gasteiger charge is -2.32. The first-order valence-corrected chi connectivity index (χ1v) is 7.55. The van der Waals surface area contributed by atoms with Gasteiger partial charge in [-0.25, -0.2) is 4.98 Å². The van der Waals surface area contributed by atoms with E-state index < -0.39 is 6.04 Å². The predicted molar refractivity (Wildman–Crippen MR) is 82.9 cm³/mol. The number of amides is 2. The molecule has 0 aliphatic carbocycles. The Labute approximate surface area is 138 Å². The largest absolute Gasteiger partial charge is 0.383 e. The summed E-state index contributed by atoms with van der Waals surface area (Å²) in [4.78, 5) is 34.6. The molecular formula is C15H18N6O3. The lowest BCUT2D eigenvalue weighted by Crippen LogP contribution is -2.47. The molecule has 0 saturated carbocycles. The van der Waals surface area contributed by atoms with Gasteiger partial charge in [0.15, 0.2) is 0 Å². The molecule has 24 heavy (non-hydrogen) atoms. The van der Waals surface area contributed by atoms with Crippen LogP contribution >= 0.6 is 0 Å². The fourth-order valence-electron chi connectivity index (χ4n) is 2.61. The second-order valence-electron chi connectivity index (χ2n) is 5.34. The molecule has 1 N–H and O–H groups in total. The number of fused-ring (bicyclic) bond motifs is 1. The first kappa shape index (κ1) is 16.1. The zero-order valence-electron chi connectivity index (χ0n) is 13.3. The molecule has 0 spiro atoms. The molecule has 2 amide bonds. The highest BCUT2D eigenvalue weighted by molar-refractivity contribution is 5.92. The summed E-state index contributed by atoms with van der Waals surface area (Å²) < 4.78 is 6.59. The van der Waals surface area contributed by atoms with Crippen LogP contribution in [-0.2, 0) is 16.1 Å². The second kappa shape index (κ2) is 7.18. The summed E-state index contributed by atoms with van der Waals surface area (Å²) >= 11 is 0. The van der Waals surface area contributed by atoms with Gasteiger partial charge >= 0.3 is 0 Å². The molecule has 1 aliphatic rings. The van der Waals surface area contributed by atoms with Crippen molar-refractivity contribution in [2.75, 3.05) is 26.8 Å². The zero-order valence-corrected chi connectivity index (χ0v) is 13.3. The average Bonchev–Trinajstić information content (AvgIpc) is 3.09. The summed E-state index contributed by atoms with van der Waals surface area (Å²) in [6, 6.07) is 1.21. The number of aromatic nitrogens is 4. The number of ether oxygens (including phenoxy) is 1. The number of nitrogens with zero attached hydrogens (tertiary/aromatic N) is 5. The third kappa shape index (κ3) is 3.25. The van der Waals surface area contributed by atoms with Crippen LogP contribution in [0.15, 0.2) is 30.9 Å². The molecule has 0 unspecified atom stereocenters. The lowest BCUT2D eigenvalue weighted by molar-refractivity contribution is -0.125. The van der Waals surface area contributed by atoms with Crippen molar-refractivity contribution < 1.29 is 14.3 Å². The molecule has 0 bridgehead atoms. The van der Waals surface area contributed by atoms with Gasteiger partial charge in [0.1, 0.15) is 11.7 Å². The van der Waals surface area contributed by atoms with Gasteiger partial charge in [0, 0.05) is 32.2 Å². The van der Waals surface area contributed by atoms with Crippen LogP contribution in [-0.4, -0.2) is 63.3 Å². The normalized spacial score (nSPS) is 16.5. The summed E-state index contributed by atoms with van der Waals surface area (Å²) in [5.74, 6) is -0.459. The Morgan fingerprint density at radius 3 is 3.00 bits per heavy atom. The maximum absolute atomic E-state index is 12.6. The van der Waals surface area contributed by atoms with Gasteiger partial charge in [0.2, 0.25) is 5.91 Å². The summed E-state index contributed by atoms with van der Waals surface area (Å²) in [5.41, 5.74) is 1.05. The molecule has 126 valence electrons. The third-order valence-electron chi connectivity index (χ3n) is 3.77. The van der Waals surface area contributed by atoms with E-state index in [1.165, 1.54) is 18.6 Å². The molecule has 9 heteroatoms. The number of hydrogen-bond donors (Lipinski definition) is 1. The number of hydrogen-bond acceptors (Lipinski definition) is 6. The van der Waals surface area contributed by atoms with Crippen LogP contribution in [0.1, 0.15) is 22.2 Å². The third-order valence-corrected chi connectivity index (χ3v) is 3.77. The Bertz CT molecular complexity index is 717. The monoisotopic (exact) mass is 330 g/mol. The Balaban J connectivity index is 1.78. The van der Waals surface area contributed by atoms with Gasteiger partial charge in [-0.1, -0.05) is 0 Å². The van der Waals surface area contributed by atoms with Gasteiger partial charge in [-0.05, 0) is 6.07 Å². The molecule has 9 nitrogen and oxygen atoms in total. The molecule has 3 heterocycles. The standard InChI is InChI=1S/C15H18N6O3/c1-24-7-6-18-14(22)13-10-20(9-11-2-3-19-21(11)13)15(23)12-8-16-4-5-17-12/h2-5,8,13H,6-7,9-10H2,1H3,(H,18,22)/t13-/m0/s1. The SMILES string of the molecule is COCCNC(=O)[C@@H]1CN(C(=O)c2cnccn2)Cc2ccnn21. The van der Waals surface area contributed by atoms with E-state index in [-0.39, 0.29) is 24.1 Å². The number of rotatable bonds is 5. The molecule has 1 atom stereocenters. The Morgan fingerprint density at radius 1 is 1.38 bits per heavy atom. The van der Waals surface area contributed by atoms with Crippen LogP contribution in [0.2, 0.25) is 0 Å². The first-order valence-electron chi connectivity index (χ1n) is 7.55. The summed E-state index contributed by atoms with van der Waals surface area (Å²) in [6.07, 6.45) is 6.02. The van der Waals surface area contributed by atoms with Crippen molar-refractivity contribution in [1.29, 1.82) is 0 Å². The van der Waals surface area contributed by atoms with E-state index >= 15 is 0 Å². The number of carbonyl (C=O) groups excluding carboxylic acids is 2. The topological polar surface area (TPSA) is 102 Å². The molecular weight excluding hydrogens is 312 g/mol. The summed E-state index contributed by atoms with van der Waals surface area (Å²) in [6.45, 7) is 1.42. The zero-order chi connectivity index (χ0) is 16.9. The van der Waals surface area contributed by atoms with Crippen LogP contribution in [0.4, 0.5) is 0 Å². The van der Waals surface area contributed by atoms with Crippen molar-refractivity contribution in [1.82, 2.24) is 30.0 Å². The van der Waals surface area contributed by atoms with E-state index in [1.807, 2.05) is 0 Å². The van der Waals surface area contributed by atoms with Crippen molar-refractivity contribution in [3.8, 4) is 0 Å².